The van der Waals surface area contributed by atoms with Crippen LogP contribution in [0.4, 0.5) is 0 Å². The Morgan fingerprint density at radius 3 is 2.67 bits per heavy atom. The topological polar surface area (TPSA) is 71.4 Å². The maximum Gasteiger partial charge on any atom is 0.264 e. The van der Waals surface area contributed by atoms with Gasteiger partial charge in [-0.3, -0.25) is 9.35 Å². The van der Waals surface area contributed by atoms with Crippen LogP contribution in [0.25, 0.3) is 0 Å². The molecule has 4 saturated carbocycles. The summed E-state index contributed by atoms with van der Waals surface area (Å²) in [5.41, 5.74) is 0.00426. The van der Waals surface area contributed by atoms with E-state index in [0.717, 1.165) is 38.5 Å². The summed E-state index contributed by atoms with van der Waals surface area (Å²) in [5, 5.41) is 0. The summed E-state index contributed by atoms with van der Waals surface area (Å²) in [5.74, 6) is 1.30. The second-order valence-corrected chi connectivity index (χ2v) is 8.19. The van der Waals surface area contributed by atoms with Gasteiger partial charge in [-0.25, -0.2) is 0 Å². The van der Waals surface area contributed by atoms with Crippen molar-refractivity contribution in [3.63, 3.8) is 0 Å². The summed E-state index contributed by atoms with van der Waals surface area (Å²) in [4.78, 5) is 12.2. The lowest BCUT2D eigenvalue weighted by Crippen LogP contribution is -2.40. The highest BCUT2D eigenvalue weighted by atomic mass is 32.2. The molecule has 18 heavy (non-hydrogen) atoms. The Bertz CT molecular complexity index is 469. The van der Waals surface area contributed by atoms with Crippen LogP contribution < -0.4 is 0 Å². The van der Waals surface area contributed by atoms with Gasteiger partial charge < -0.3 is 0 Å². The van der Waals surface area contributed by atoms with Crippen LogP contribution >= 0.6 is 0 Å². The number of rotatable bonds is 3. The molecule has 0 aromatic rings. The Morgan fingerprint density at radius 2 is 1.94 bits per heavy atom. The Kier molecular flexibility index (Phi) is 2.83. The fourth-order valence-electron chi connectivity index (χ4n) is 4.65. The van der Waals surface area contributed by atoms with Crippen LogP contribution in [0.15, 0.2) is 0 Å². The largest absolute Gasteiger partial charge is 0.299 e. The van der Waals surface area contributed by atoms with Crippen molar-refractivity contribution < 1.29 is 17.8 Å². The Labute approximate surface area is 108 Å². The molecule has 1 N–H and O–H groups in total. The lowest BCUT2D eigenvalue weighted by Gasteiger charge is -2.44. The van der Waals surface area contributed by atoms with Crippen molar-refractivity contribution in [3.05, 3.63) is 0 Å². The molecule has 0 radical (unpaired) electrons. The number of hydrogen-bond acceptors (Lipinski definition) is 3. The summed E-state index contributed by atoms with van der Waals surface area (Å²) in [6.07, 6.45) is 6.37. The highest BCUT2D eigenvalue weighted by molar-refractivity contribution is 7.85. The third kappa shape index (κ3) is 2.23. The quantitative estimate of drug-likeness (QED) is 0.798. The van der Waals surface area contributed by atoms with Crippen LogP contribution in [0.1, 0.15) is 44.9 Å². The minimum Gasteiger partial charge on any atom is -0.299 e. The minimum absolute atomic E-state index is 0.00426. The second-order valence-electron chi connectivity index (χ2n) is 6.62. The van der Waals surface area contributed by atoms with E-state index in [1.807, 2.05) is 0 Å². The monoisotopic (exact) mass is 272 g/mol. The molecule has 0 spiro atoms. The van der Waals surface area contributed by atoms with E-state index >= 15 is 0 Å². The van der Waals surface area contributed by atoms with Crippen molar-refractivity contribution >= 4 is 15.9 Å². The van der Waals surface area contributed by atoms with E-state index in [1.54, 1.807) is 0 Å². The maximum atomic E-state index is 12.2. The van der Waals surface area contributed by atoms with Crippen LogP contribution in [0.2, 0.25) is 0 Å². The molecular formula is C13H20O4S. The number of hydrogen-bond donors (Lipinski definition) is 1. The van der Waals surface area contributed by atoms with Gasteiger partial charge in [-0.1, -0.05) is 0 Å². The summed E-state index contributed by atoms with van der Waals surface area (Å²) in [7, 11) is -3.88. The first kappa shape index (κ1) is 12.6. The van der Waals surface area contributed by atoms with Gasteiger partial charge in [0.25, 0.3) is 10.1 Å². The molecule has 4 bridgehead atoms. The molecule has 4 nitrogen and oxygen atoms in total. The average molecular weight is 272 g/mol. The van der Waals surface area contributed by atoms with Gasteiger partial charge >= 0.3 is 0 Å². The molecular weight excluding hydrogens is 252 g/mol. The fraction of sp³-hybridized carbons (Fsp3) is 0.923. The Morgan fingerprint density at radius 1 is 1.22 bits per heavy atom. The number of fused-ring (bicyclic) bond motifs is 1. The Balaban J connectivity index is 1.82. The molecule has 0 aromatic carbocycles. The Hall–Kier alpha value is -0.420. The van der Waals surface area contributed by atoms with Gasteiger partial charge in [-0.15, -0.1) is 0 Å². The summed E-state index contributed by atoms with van der Waals surface area (Å²) in [6.45, 7) is 0. The zero-order valence-electron chi connectivity index (χ0n) is 10.5. The second kappa shape index (κ2) is 4.04. The van der Waals surface area contributed by atoms with E-state index in [9.17, 15) is 13.2 Å². The molecule has 4 aliphatic rings. The van der Waals surface area contributed by atoms with Crippen LogP contribution in [0.3, 0.4) is 0 Å². The van der Waals surface area contributed by atoms with Crippen molar-refractivity contribution in [2.24, 2.45) is 23.2 Å². The van der Waals surface area contributed by atoms with Gasteiger partial charge in [0.15, 0.2) is 0 Å². The van der Waals surface area contributed by atoms with Crippen LogP contribution in [0, 0.1) is 23.2 Å². The van der Waals surface area contributed by atoms with Gasteiger partial charge in [0.1, 0.15) is 5.78 Å². The molecule has 4 aliphatic carbocycles. The third-order valence-electron chi connectivity index (χ3n) is 5.36. The first-order chi connectivity index (χ1) is 8.37. The zero-order chi connectivity index (χ0) is 13.0. The first-order valence-electron chi connectivity index (χ1n) is 6.86. The standard InChI is InChI=1S/C13H20O4S/c14-12-10-1-2-13(3-4-18(15,16)17)7-9(5-10)6-11(12)8-13/h9-11H,1-8H2,(H,15,16,17). The maximum absolute atomic E-state index is 12.2. The predicted molar refractivity (Wildman–Crippen MR) is 66.6 cm³/mol. The number of Topliss-reactive ketones (excluding diaryl/α,β-unsaturated/α-hetero) is 1. The van der Waals surface area contributed by atoms with Gasteiger partial charge in [-0.05, 0) is 56.3 Å². The van der Waals surface area contributed by atoms with E-state index in [-0.39, 0.29) is 23.0 Å². The van der Waals surface area contributed by atoms with E-state index in [4.69, 9.17) is 4.55 Å². The van der Waals surface area contributed by atoms with Gasteiger partial charge in [0.05, 0.1) is 5.75 Å². The molecule has 4 unspecified atom stereocenters. The normalized spacial score (nSPS) is 43.2. The van der Waals surface area contributed by atoms with E-state index < -0.39 is 10.1 Å². The number of ketones is 1. The molecule has 5 heteroatoms. The van der Waals surface area contributed by atoms with Gasteiger partial charge in [0.2, 0.25) is 0 Å². The van der Waals surface area contributed by atoms with Crippen molar-refractivity contribution in [1.29, 1.82) is 0 Å². The lowest BCUT2D eigenvalue weighted by molar-refractivity contribution is -0.132. The molecule has 0 saturated heterocycles. The molecule has 102 valence electrons. The zero-order valence-corrected chi connectivity index (χ0v) is 11.3. The van der Waals surface area contributed by atoms with E-state index in [0.29, 0.717) is 18.1 Å². The van der Waals surface area contributed by atoms with Gasteiger partial charge in [0, 0.05) is 11.8 Å². The molecule has 0 aromatic heterocycles. The summed E-state index contributed by atoms with van der Waals surface area (Å²) < 4.78 is 30.9. The smallest absolute Gasteiger partial charge is 0.264 e. The fourth-order valence-corrected chi connectivity index (χ4v) is 5.35. The van der Waals surface area contributed by atoms with E-state index in [1.165, 1.54) is 0 Å². The van der Waals surface area contributed by atoms with E-state index in [2.05, 4.69) is 0 Å². The SMILES string of the molecule is O=C1C2CCC3(CCS(=O)(=O)O)CC(C2)CC1C3. The molecule has 0 amide bonds. The highest BCUT2D eigenvalue weighted by Crippen LogP contribution is 2.57. The molecule has 4 rings (SSSR count). The van der Waals surface area contributed by atoms with Crippen molar-refractivity contribution in [2.45, 2.75) is 44.9 Å². The predicted octanol–water partition coefficient (Wildman–Crippen LogP) is 2.05. The van der Waals surface area contributed by atoms with Crippen LogP contribution in [-0.2, 0) is 14.9 Å². The average Bonchev–Trinajstić information content (AvgIpc) is 2.46. The van der Waals surface area contributed by atoms with Crippen LogP contribution in [0.5, 0.6) is 0 Å². The molecule has 0 aliphatic heterocycles. The highest BCUT2D eigenvalue weighted by Gasteiger charge is 2.51. The minimum atomic E-state index is -3.88. The lowest BCUT2D eigenvalue weighted by atomic mass is 9.60. The van der Waals surface area contributed by atoms with Crippen molar-refractivity contribution in [3.8, 4) is 0 Å². The first-order valence-corrected chi connectivity index (χ1v) is 8.47. The van der Waals surface area contributed by atoms with Crippen LogP contribution in [-0.4, -0.2) is 24.5 Å². The molecule has 4 atom stereocenters. The summed E-state index contributed by atoms with van der Waals surface area (Å²) >= 11 is 0. The van der Waals surface area contributed by atoms with Gasteiger partial charge in [-0.2, -0.15) is 8.42 Å². The third-order valence-corrected chi connectivity index (χ3v) is 6.08. The number of carbonyl (C=O) groups excluding carboxylic acids is 1. The molecule has 0 heterocycles. The summed E-state index contributed by atoms with van der Waals surface area (Å²) in [6, 6.07) is 0. The van der Waals surface area contributed by atoms with Crippen molar-refractivity contribution in [2.75, 3.05) is 5.75 Å². The number of carbonyl (C=O) groups is 1. The molecule has 4 fully saturated rings. The van der Waals surface area contributed by atoms with Crippen molar-refractivity contribution in [1.82, 2.24) is 0 Å².